The molecule has 2 saturated heterocycles. The number of urea groups is 1. The van der Waals surface area contributed by atoms with Gasteiger partial charge in [0.1, 0.15) is 0 Å². The Morgan fingerprint density at radius 1 is 1.32 bits per heavy atom. The largest absolute Gasteiger partial charge is 0.378 e. The molecule has 0 aromatic carbocycles. The fourth-order valence-corrected chi connectivity index (χ4v) is 4.02. The Kier molecular flexibility index (Phi) is 5.24. The summed E-state index contributed by atoms with van der Waals surface area (Å²) in [4.78, 5) is 14.4. The third kappa shape index (κ3) is 3.93. The van der Waals surface area contributed by atoms with Crippen LogP contribution in [-0.4, -0.2) is 55.0 Å². The van der Waals surface area contributed by atoms with Gasteiger partial charge in [0.15, 0.2) is 0 Å². The minimum Gasteiger partial charge on any atom is -0.378 e. The first kappa shape index (κ1) is 16.1. The zero-order valence-corrected chi connectivity index (χ0v) is 13.8. The van der Waals surface area contributed by atoms with Gasteiger partial charge in [0.25, 0.3) is 0 Å². The Morgan fingerprint density at radius 2 is 2.14 bits per heavy atom. The second kappa shape index (κ2) is 7.18. The molecule has 1 aliphatic carbocycles. The molecule has 0 unspecified atom stereocenters. The summed E-state index contributed by atoms with van der Waals surface area (Å²) in [5.41, 5.74) is -0.0451. The molecule has 1 saturated carbocycles. The maximum atomic E-state index is 12.5. The molecule has 2 amide bonds. The molecule has 22 heavy (non-hydrogen) atoms. The van der Waals surface area contributed by atoms with E-state index in [1.807, 2.05) is 4.90 Å². The molecule has 5 nitrogen and oxygen atoms in total. The summed E-state index contributed by atoms with van der Waals surface area (Å²) >= 11 is 0. The van der Waals surface area contributed by atoms with Crippen molar-refractivity contribution in [3.8, 4) is 0 Å². The van der Waals surface area contributed by atoms with E-state index in [1.54, 1.807) is 0 Å². The zero-order chi connectivity index (χ0) is 15.4. The number of carbonyl (C=O) groups is 1. The van der Waals surface area contributed by atoms with Gasteiger partial charge in [0, 0.05) is 19.2 Å². The van der Waals surface area contributed by atoms with Crippen LogP contribution in [0.1, 0.15) is 58.3 Å². The van der Waals surface area contributed by atoms with E-state index < -0.39 is 0 Å². The van der Waals surface area contributed by atoms with Gasteiger partial charge in [-0.15, -0.1) is 0 Å². The molecule has 3 fully saturated rings. The van der Waals surface area contributed by atoms with E-state index in [4.69, 9.17) is 9.47 Å². The van der Waals surface area contributed by atoms with Gasteiger partial charge in [0.05, 0.1) is 24.9 Å². The van der Waals surface area contributed by atoms with E-state index in [9.17, 15) is 4.79 Å². The molecule has 3 aliphatic rings. The fraction of sp³-hybridized carbons (Fsp3) is 0.941. The van der Waals surface area contributed by atoms with Crippen LogP contribution in [0.15, 0.2) is 0 Å². The first-order valence-electron chi connectivity index (χ1n) is 8.98. The topological polar surface area (TPSA) is 50.8 Å². The van der Waals surface area contributed by atoms with E-state index in [-0.39, 0.29) is 17.7 Å². The monoisotopic (exact) mass is 310 g/mol. The molecule has 0 radical (unpaired) electrons. The lowest BCUT2D eigenvalue weighted by molar-refractivity contribution is -0.0927. The van der Waals surface area contributed by atoms with E-state index in [0.717, 1.165) is 38.8 Å². The molecular weight excluding hydrogens is 280 g/mol. The Balaban J connectivity index is 1.42. The summed E-state index contributed by atoms with van der Waals surface area (Å²) < 4.78 is 11.6. The highest BCUT2D eigenvalue weighted by molar-refractivity contribution is 5.74. The predicted molar refractivity (Wildman–Crippen MR) is 84.9 cm³/mol. The van der Waals surface area contributed by atoms with Gasteiger partial charge in [-0.05, 0) is 45.4 Å². The molecular formula is C17H30N2O3. The van der Waals surface area contributed by atoms with Crippen molar-refractivity contribution < 1.29 is 14.3 Å². The number of amides is 2. The summed E-state index contributed by atoms with van der Waals surface area (Å²) in [6.07, 6.45) is 9.47. The first-order chi connectivity index (χ1) is 10.7. The summed E-state index contributed by atoms with van der Waals surface area (Å²) in [5, 5.41) is 3.16. The van der Waals surface area contributed by atoms with Crippen LogP contribution in [0.5, 0.6) is 0 Å². The van der Waals surface area contributed by atoms with Gasteiger partial charge in [-0.3, -0.25) is 0 Å². The molecule has 1 N–H and O–H groups in total. The average Bonchev–Trinajstić information content (AvgIpc) is 3.17. The molecule has 1 spiro atoms. The third-order valence-corrected chi connectivity index (χ3v) is 5.37. The molecule has 126 valence electrons. The van der Waals surface area contributed by atoms with Gasteiger partial charge in [-0.1, -0.05) is 12.8 Å². The molecule has 2 aliphatic heterocycles. The lowest BCUT2D eigenvalue weighted by Crippen LogP contribution is -2.55. The van der Waals surface area contributed by atoms with Gasteiger partial charge in [-0.25, -0.2) is 4.79 Å². The first-order valence-corrected chi connectivity index (χ1v) is 8.98. The molecule has 0 bridgehead atoms. The standard InChI is InChI=1S/C17H30N2O3/c1-14(6-7-15-5-4-11-21-15)18-16(20)19-10-12-22-17(13-19)8-2-3-9-17/h14-15H,2-13H2,1H3,(H,18,20)/t14-,15+/m1/s1. The van der Waals surface area contributed by atoms with Crippen molar-refractivity contribution in [2.24, 2.45) is 0 Å². The summed E-state index contributed by atoms with van der Waals surface area (Å²) in [6.45, 7) is 5.15. The van der Waals surface area contributed by atoms with Crippen molar-refractivity contribution in [1.82, 2.24) is 10.2 Å². The van der Waals surface area contributed by atoms with Crippen molar-refractivity contribution in [1.29, 1.82) is 0 Å². The van der Waals surface area contributed by atoms with E-state index in [1.165, 1.54) is 25.7 Å². The number of ether oxygens (including phenoxy) is 2. The zero-order valence-electron chi connectivity index (χ0n) is 13.8. The van der Waals surface area contributed by atoms with Gasteiger partial charge < -0.3 is 19.7 Å². The summed E-state index contributed by atoms with van der Waals surface area (Å²) in [5.74, 6) is 0. The van der Waals surface area contributed by atoms with Crippen molar-refractivity contribution in [2.75, 3.05) is 26.3 Å². The van der Waals surface area contributed by atoms with Crippen LogP contribution in [0.25, 0.3) is 0 Å². The van der Waals surface area contributed by atoms with Crippen molar-refractivity contribution >= 4 is 6.03 Å². The number of nitrogens with zero attached hydrogens (tertiary/aromatic N) is 1. The highest BCUT2D eigenvalue weighted by Crippen LogP contribution is 2.35. The molecule has 2 heterocycles. The molecule has 0 aromatic rings. The predicted octanol–water partition coefficient (Wildman–Crippen LogP) is 2.69. The normalized spacial score (nSPS) is 29.0. The summed E-state index contributed by atoms with van der Waals surface area (Å²) in [6, 6.07) is 0.286. The van der Waals surface area contributed by atoms with Gasteiger partial charge in [-0.2, -0.15) is 0 Å². The van der Waals surface area contributed by atoms with Crippen LogP contribution < -0.4 is 5.32 Å². The minimum absolute atomic E-state index is 0.0451. The van der Waals surface area contributed by atoms with Gasteiger partial charge >= 0.3 is 6.03 Å². The third-order valence-electron chi connectivity index (χ3n) is 5.37. The molecule has 3 rings (SSSR count). The Labute approximate surface area is 133 Å². The highest BCUT2D eigenvalue weighted by Gasteiger charge is 2.40. The molecule has 2 atom stereocenters. The Bertz CT molecular complexity index is 376. The Morgan fingerprint density at radius 3 is 2.86 bits per heavy atom. The number of hydrogen-bond acceptors (Lipinski definition) is 3. The van der Waals surface area contributed by atoms with Crippen LogP contribution in [0, 0.1) is 0 Å². The highest BCUT2D eigenvalue weighted by atomic mass is 16.5. The number of rotatable bonds is 4. The average molecular weight is 310 g/mol. The van der Waals surface area contributed by atoms with E-state index in [2.05, 4.69) is 12.2 Å². The van der Waals surface area contributed by atoms with Crippen LogP contribution >= 0.6 is 0 Å². The van der Waals surface area contributed by atoms with Crippen molar-refractivity contribution in [3.63, 3.8) is 0 Å². The maximum absolute atomic E-state index is 12.5. The molecule has 5 heteroatoms. The smallest absolute Gasteiger partial charge is 0.317 e. The lowest BCUT2D eigenvalue weighted by atomic mass is 10.00. The van der Waals surface area contributed by atoms with E-state index in [0.29, 0.717) is 19.3 Å². The number of carbonyl (C=O) groups excluding carboxylic acids is 1. The van der Waals surface area contributed by atoms with E-state index >= 15 is 0 Å². The lowest BCUT2D eigenvalue weighted by Gasteiger charge is -2.40. The maximum Gasteiger partial charge on any atom is 0.317 e. The Hall–Kier alpha value is -0.810. The van der Waals surface area contributed by atoms with Crippen molar-refractivity contribution in [3.05, 3.63) is 0 Å². The quantitative estimate of drug-likeness (QED) is 0.868. The number of morpholine rings is 1. The van der Waals surface area contributed by atoms with Crippen LogP contribution in [0.2, 0.25) is 0 Å². The second-order valence-electron chi connectivity index (χ2n) is 7.22. The fourth-order valence-electron chi connectivity index (χ4n) is 4.02. The van der Waals surface area contributed by atoms with Crippen LogP contribution in [0.4, 0.5) is 4.79 Å². The minimum atomic E-state index is -0.0451. The second-order valence-corrected chi connectivity index (χ2v) is 7.22. The van der Waals surface area contributed by atoms with Crippen LogP contribution in [0.3, 0.4) is 0 Å². The molecule has 0 aromatic heterocycles. The number of nitrogens with one attached hydrogen (secondary N) is 1. The summed E-state index contributed by atoms with van der Waals surface area (Å²) in [7, 11) is 0. The van der Waals surface area contributed by atoms with Crippen LogP contribution in [-0.2, 0) is 9.47 Å². The van der Waals surface area contributed by atoms with Crippen molar-refractivity contribution in [2.45, 2.75) is 76.0 Å². The number of hydrogen-bond donors (Lipinski definition) is 1. The SMILES string of the molecule is C[C@H](CC[C@@H]1CCCO1)NC(=O)N1CCOC2(CCCC2)C1. The van der Waals surface area contributed by atoms with Gasteiger partial charge in [0.2, 0.25) is 0 Å².